The zero-order valence-electron chi connectivity index (χ0n) is 13.4. The zero-order chi connectivity index (χ0) is 13.6. The molecule has 0 aromatic rings. The van der Waals surface area contributed by atoms with E-state index in [9.17, 15) is 0 Å². The Hall–Kier alpha value is -0.0400. The van der Waals surface area contributed by atoms with Crippen LogP contribution in [0.15, 0.2) is 0 Å². The summed E-state index contributed by atoms with van der Waals surface area (Å²) >= 11 is 0. The lowest BCUT2D eigenvalue weighted by Crippen LogP contribution is -2.32. The molecular weight excluding hydrogens is 218 g/mol. The average Bonchev–Trinajstić information content (AvgIpc) is 2.26. The average molecular weight is 253 g/mol. The highest BCUT2D eigenvalue weighted by Gasteiger charge is 2.28. The molecular formula is C17H35N. The highest BCUT2D eigenvalue weighted by Crippen LogP contribution is 2.37. The van der Waals surface area contributed by atoms with E-state index in [4.69, 9.17) is 0 Å². The van der Waals surface area contributed by atoms with Gasteiger partial charge < -0.3 is 5.32 Å². The van der Waals surface area contributed by atoms with Crippen LogP contribution in [0.5, 0.6) is 0 Å². The van der Waals surface area contributed by atoms with Gasteiger partial charge in [-0.15, -0.1) is 0 Å². The van der Waals surface area contributed by atoms with Crippen LogP contribution >= 0.6 is 0 Å². The molecule has 1 N–H and O–H groups in total. The van der Waals surface area contributed by atoms with E-state index >= 15 is 0 Å². The topological polar surface area (TPSA) is 12.0 Å². The van der Waals surface area contributed by atoms with Gasteiger partial charge in [-0.2, -0.15) is 0 Å². The Morgan fingerprint density at radius 2 is 1.83 bits per heavy atom. The lowest BCUT2D eigenvalue weighted by molar-refractivity contribution is 0.167. The van der Waals surface area contributed by atoms with Crippen molar-refractivity contribution in [3.63, 3.8) is 0 Å². The number of rotatable bonds is 6. The summed E-state index contributed by atoms with van der Waals surface area (Å²) < 4.78 is 0. The van der Waals surface area contributed by atoms with Gasteiger partial charge >= 0.3 is 0 Å². The minimum atomic E-state index is 0.511. The first-order valence-electron chi connectivity index (χ1n) is 8.13. The number of nitrogens with one attached hydrogen (secondary N) is 1. The van der Waals surface area contributed by atoms with Gasteiger partial charge in [0.05, 0.1) is 0 Å². The summed E-state index contributed by atoms with van der Waals surface area (Å²) in [4.78, 5) is 0. The molecule has 0 spiro atoms. The van der Waals surface area contributed by atoms with Crippen molar-refractivity contribution in [2.24, 2.45) is 23.2 Å². The summed E-state index contributed by atoms with van der Waals surface area (Å²) in [5, 5.41) is 3.57. The van der Waals surface area contributed by atoms with Crippen LogP contribution in [0.25, 0.3) is 0 Å². The Balaban J connectivity index is 2.36. The Morgan fingerprint density at radius 3 is 2.44 bits per heavy atom. The quantitative estimate of drug-likeness (QED) is 0.712. The molecule has 0 aromatic heterocycles. The molecule has 1 heteroatoms. The van der Waals surface area contributed by atoms with Gasteiger partial charge in [0.25, 0.3) is 0 Å². The second-order valence-electron chi connectivity index (χ2n) is 7.70. The van der Waals surface area contributed by atoms with Gasteiger partial charge in [0.15, 0.2) is 0 Å². The van der Waals surface area contributed by atoms with Crippen LogP contribution in [0.3, 0.4) is 0 Å². The van der Waals surface area contributed by atoms with Crippen LogP contribution in [0.2, 0.25) is 0 Å². The highest BCUT2D eigenvalue weighted by atomic mass is 14.8. The first kappa shape index (κ1) is 16.0. The molecule has 18 heavy (non-hydrogen) atoms. The van der Waals surface area contributed by atoms with Crippen LogP contribution in [0.4, 0.5) is 0 Å². The van der Waals surface area contributed by atoms with Crippen molar-refractivity contribution in [2.45, 2.75) is 73.1 Å². The van der Waals surface area contributed by atoms with Gasteiger partial charge in [0, 0.05) is 0 Å². The van der Waals surface area contributed by atoms with Crippen LogP contribution < -0.4 is 5.32 Å². The molecule has 0 radical (unpaired) electrons. The predicted molar refractivity (Wildman–Crippen MR) is 81.8 cm³/mol. The smallest absolute Gasteiger partial charge is 0.00180 e. The predicted octanol–water partition coefficient (Wildman–Crippen LogP) is 4.86. The van der Waals surface area contributed by atoms with Crippen molar-refractivity contribution in [3.8, 4) is 0 Å². The third-order valence-electron chi connectivity index (χ3n) is 4.56. The fourth-order valence-corrected chi connectivity index (χ4v) is 3.41. The molecule has 0 saturated heterocycles. The van der Waals surface area contributed by atoms with Crippen LogP contribution in [0.1, 0.15) is 73.1 Å². The van der Waals surface area contributed by atoms with Crippen LogP contribution in [-0.2, 0) is 0 Å². The minimum Gasteiger partial charge on any atom is -0.317 e. The molecule has 0 bridgehead atoms. The maximum absolute atomic E-state index is 3.57. The molecule has 3 atom stereocenters. The molecule has 3 unspecified atom stereocenters. The third kappa shape index (κ3) is 6.22. The van der Waals surface area contributed by atoms with Crippen LogP contribution in [-0.4, -0.2) is 13.1 Å². The van der Waals surface area contributed by atoms with E-state index < -0.39 is 0 Å². The van der Waals surface area contributed by atoms with Crippen molar-refractivity contribution >= 4 is 0 Å². The van der Waals surface area contributed by atoms with Gasteiger partial charge in [0.1, 0.15) is 0 Å². The largest absolute Gasteiger partial charge is 0.317 e. The molecule has 1 saturated carbocycles. The summed E-state index contributed by atoms with van der Waals surface area (Å²) in [5.41, 5.74) is 0.511. The third-order valence-corrected chi connectivity index (χ3v) is 4.56. The SMILES string of the molecule is CCNCC1CCC(C)CC1CCCC(C)(C)C. The normalized spacial score (nSPS) is 29.5. The zero-order valence-corrected chi connectivity index (χ0v) is 13.4. The molecule has 1 aliphatic rings. The molecule has 0 heterocycles. The Morgan fingerprint density at radius 1 is 1.11 bits per heavy atom. The molecule has 0 amide bonds. The molecule has 108 valence electrons. The maximum atomic E-state index is 3.57. The van der Waals surface area contributed by atoms with Crippen molar-refractivity contribution in [2.75, 3.05) is 13.1 Å². The Labute approximate surface area is 115 Å². The molecule has 1 rings (SSSR count). The number of hydrogen-bond acceptors (Lipinski definition) is 1. The first-order chi connectivity index (χ1) is 8.42. The minimum absolute atomic E-state index is 0.511. The lowest BCUT2D eigenvalue weighted by Gasteiger charge is -2.35. The van der Waals surface area contributed by atoms with E-state index in [0.29, 0.717) is 5.41 Å². The molecule has 0 aromatic carbocycles. The van der Waals surface area contributed by atoms with Crippen molar-refractivity contribution in [1.82, 2.24) is 5.32 Å². The fourth-order valence-electron chi connectivity index (χ4n) is 3.41. The maximum Gasteiger partial charge on any atom is -0.00180 e. The second kappa shape index (κ2) is 7.53. The summed E-state index contributed by atoms with van der Waals surface area (Å²) in [6.07, 6.45) is 8.63. The van der Waals surface area contributed by atoms with Crippen molar-refractivity contribution in [3.05, 3.63) is 0 Å². The van der Waals surface area contributed by atoms with Crippen molar-refractivity contribution < 1.29 is 0 Å². The molecule has 1 aliphatic carbocycles. The lowest BCUT2D eigenvalue weighted by atomic mass is 9.72. The second-order valence-corrected chi connectivity index (χ2v) is 7.70. The number of hydrogen-bond donors (Lipinski definition) is 1. The van der Waals surface area contributed by atoms with E-state index in [2.05, 4.69) is 39.9 Å². The summed E-state index contributed by atoms with van der Waals surface area (Å²) in [6.45, 7) is 14.1. The Kier molecular flexibility index (Phi) is 6.70. The van der Waals surface area contributed by atoms with Gasteiger partial charge in [-0.1, -0.05) is 53.9 Å². The monoisotopic (exact) mass is 253 g/mol. The van der Waals surface area contributed by atoms with E-state index in [1.807, 2.05) is 0 Å². The molecule has 1 fully saturated rings. The summed E-state index contributed by atoms with van der Waals surface area (Å²) in [5.74, 6) is 2.89. The fraction of sp³-hybridized carbons (Fsp3) is 1.00. The van der Waals surface area contributed by atoms with Gasteiger partial charge in [-0.3, -0.25) is 0 Å². The Bertz CT molecular complexity index is 214. The first-order valence-corrected chi connectivity index (χ1v) is 8.13. The van der Waals surface area contributed by atoms with E-state index in [1.54, 1.807) is 0 Å². The highest BCUT2D eigenvalue weighted by molar-refractivity contribution is 4.80. The molecule has 1 nitrogen and oxygen atoms in total. The van der Waals surface area contributed by atoms with Gasteiger partial charge in [-0.05, 0) is 55.5 Å². The van der Waals surface area contributed by atoms with E-state index in [-0.39, 0.29) is 0 Å². The van der Waals surface area contributed by atoms with Gasteiger partial charge in [-0.25, -0.2) is 0 Å². The summed E-state index contributed by atoms with van der Waals surface area (Å²) in [7, 11) is 0. The summed E-state index contributed by atoms with van der Waals surface area (Å²) in [6, 6.07) is 0. The van der Waals surface area contributed by atoms with E-state index in [1.165, 1.54) is 45.1 Å². The van der Waals surface area contributed by atoms with Gasteiger partial charge in [0.2, 0.25) is 0 Å². The molecule has 0 aliphatic heterocycles. The van der Waals surface area contributed by atoms with E-state index in [0.717, 1.165) is 24.3 Å². The van der Waals surface area contributed by atoms with Crippen LogP contribution in [0, 0.1) is 23.2 Å². The standard InChI is InChI=1S/C17H35N/c1-6-18-13-16-10-9-14(2)12-15(16)8-7-11-17(3,4)5/h14-16,18H,6-13H2,1-5H3. The van der Waals surface area contributed by atoms with Crippen molar-refractivity contribution in [1.29, 1.82) is 0 Å².